The predicted octanol–water partition coefficient (Wildman–Crippen LogP) is 0.302. The van der Waals surface area contributed by atoms with Crippen LogP contribution in [0.15, 0.2) is 29.2 Å². The van der Waals surface area contributed by atoms with Crippen molar-refractivity contribution in [2.45, 2.75) is 24.2 Å². The quantitative estimate of drug-likeness (QED) is 0.641. The molecule has 0 unspecified atom stereocenters. The van der Waals surface area contributed by atoms with Crippen molar-refractivity contribution in [3.8, 4) is 0 Å². The Morgan fingerprint density at radius 2 is 1.40 bits per heavy atom. The zero-order valence-corrected chi connectivity index (χ0v) is 18.1. The highest BCUT2D eigenvalue weighted by Crippen LogP contribution is 2.20. The number of halogens is 1. The number of sulfonamides is 1. The molecule has 0 radical (unpaired) electrons. The molecule has 2 aliphatic rings. The predicted molar refractivity (Wildman–Crippen MR) is 110 cm³/mol. The second kappa shape index (κ2) is 9.76. The van der Waals surface area contributed by atoms with Crippen molar-refractivity contribution in [2.24, 2.45) is 0 Å². The van der Waals surface area contributed by atoms with Gasteiger partial charge in [-0.25, -0.2) is 13.1 Å². The fraction of sp³-hybridized carbons (Fsp3) is 0.526. The van der Waals surface area contributed by atoms with Crippen molar-refractivity contribution >= 4 is 39.3 Å². The molecule has 2 aliphatic heterocycles. The molecule has 0 bridgehead atoms. The van der Waals surface area contributed by atoms with Crippen molar-refractivity contribution in [1.82, 2.24) is 19.4 Å². The second-order valence-corrected chi connectivity index (χ2v) is 9.39. The van der Waals surface area contributed by atoms with Crippen LogP contribution in [-0.4, -0.2) is 86.7 Å². The van der Waals surface area contributed by atoms with E-state index in [1.807, 2.05) is 0 Å². The van der Waals surface area contributed by atoms with E-state index >= 15 is 0 Å². The van der Waals surface area contributed by atoms with Crippen LogP contribution in [0.4, 0.5) is 0 Å². The summed E-state index contributed by atoms with van der Waals surface area (Å²) >= 11 is 5.92. The number of rotatable bonds is 5. The van der Waals surface area contributed by atoms with E-state index in [1.165, 1.54) is 17.0 Å². The smallest absolute Gasteiger partial charge is 0.312 e. The summed E-state index contributed by atoms with van der Waals surface area (Å²) in [5.74, 6) is -1.20. The maximum absolute atomic E-state index is 12.4. The van der Waals surface area contributed by atoms with E-state index in [0.717, 1.165) is 12.8 Å². The molecule has 2 heterocycles. The summed E-state index contributed by atoms with van der Waals surface area (Å²) in [7, 11) is -3.80. The Morgan fingerprint density at radius 1 is 0.867 bits per heavy atom. The van der Waals surface area contributed by atoms with Gasteiger partial charge in [0.1, 0.15) is 4.90 Å². The average molecular weight is 457 g/mol. The van der Waals surface area contributed by atoms with Crippen LogP contribution in [0.25, 0.3) is 0 Å². The zero-order chi connectivity index (χ0) is 21.7. The van der Waals surface area contributed by atoms with Gasteiger partial charge in [0.25, 0.3) is 0 Å². The summed E-state index contributed by atoms with van der Waals surface area (Å²) in [6.45, 7) is 2.38. The first-order valence-corrected chi connectivity index (χ1v) is 11.8. The van der Waals surface area contributed by atoms with Gasteiger partial charge in [-0.1, -0.05) is 23.7 Å². The normalized spacial score (nSPS) is 17.3. The molecule has 1 aromatic rings. The Kier molecular flexibility index (Phi) is 7.32. The molecule has 1 aromatic carbocycles. The Bertz CT molecular complexity index is 909. The highest BCUT2D eigenvalue weighted by Gasteiger charge is 2.31. The van der Waals surface area contributed by atoms with Gasteiger partial charge in [0.15, 0.2) is 0 Å². The first kappa shape index (κ1) is 22.5. The van der Waals surface area contributed by atoms with Crippen molar-refractivity contribution in [3.05, 3.63) is 29.3 Å². The number of hydrogen-bond acceptors (Lipinski definition) is 5. The molecule has 0 aliphatic carbocycles. The molecule has 0 atom stereocenters. The van der Waals surface area contributed by atoms with Crippen molar-refractivity contribution in [3.63, 3.8) is 0 Å². The lowest BCUT2D eigenvalue weighted by Gasteiger charge is -2.35. The van der Waals surface area contributed by atoms with E-state index in [0.29, 0.717) is 26.2 Å². The van der Waals surface area contributed by atoms with E-state index in [-0.39, 0.29) is 41.9 Å². The van der Waals surface area contributed by atoms with Gasteiger partial charge in [-0.05, 0) is 25.0 Å². The number of nitrogens with zero attached hydrogens (tertiary/aromatic N) is 3. The van der Waals surface area contributed by atoms with Crippen molar-refractivity contribution in [2.75, 3.05) is 45.8 Å². The molecule has 2 saturated heterocycles. The molecule has 0 spiro atoms. The van der Waals surface area contributed by atoms with Gasteiger partial charge in [-0.2, -0.15) is 0 Å². The Labute approximate surface area is 181 Å². The lowest BCUT2D eigenvalue weighted by molar-refractivity contribution is -0.153. The SMILES string of the molecule is O=C(CCNS(=O)(=O)c1ccccc1Cl)N1CCN(C(=O)C(=O)N2CCCC2)CC1. The number of benzene rings is 1. The van der Waals surface area contributed by atoms with Gasteiger partial charge >= 0.3 is 11.8 Å². The molecular formula is C19H25ClN4O5S. The van der Waals surface area contributed by atoms with E-state index in [1.54, 1.807) is 21.9 Å². The number of nitrogens with one attached hydrogen (secondary N) is 1. The third-order valence-corrected chi connectivity index (χ3v) is 7.21. The molecule has 9 nitrogen and oxygen atoms in total. The Morgan fingerprint density at radius 3 is 2.00 bits per heavy atom. The van der Waals surface area contributed by atoms with Crippen LogP contribution in [0.2, 0.25) is 5.02 Å². The number of likely N-dealkylation sites (tertiary alicyclic amines) is 1. The van der Waals surface area contributed by atoms with Crippen molar-refractivity contribution < 1.29 is 22.8 Å². The van der Waals surface area contributed by atoms with Gasteiger partial charge in [0, 0.05) is 52.2 Å². The first-order valence-electron chi connectivity index (χ1n) is 9.90. The van der Waals surface area contributed by atoms with Crippen LogP contribution in [0.1, 0.15) is 19.3 Å². The highest BCUT2D eigenvalue weighted by atomic mass is 35.5. The summed E-state index contributed by atoms with van der Waals surface area (Å²) in [6, 6.07) is 6.08. The van der Waals surface area contributed by atoms with Crippen molar-refractivity contribution in [1.29, 1.82) is 0 Å². The van der Waals surface area contributed by atoms with Gasteiger partial charge in [0.2, 0.25) is 15.9 Å². The third-order valence-electron chi connectivity index (χ3n) is 5.25. The monoisotopic (exact) mass is 456 g/mol. The van der Waals surface area contributed by atoms with Crippen LogP contribution in [0, 0.1) is 0 Å². The van der Waals surface area contributed by atoms with Gasteiger partial charge in [-0.3, -0.25) is 14.4 Å². The van der Waals surface area contributed by atoms with Gasteiger partial charge in [-0.15, -0.1) is 0 Å². The first-order chi connectivity index (χ1) is 14.3. The topological polar surface area (TPSA) is 107 Å². The molecule has 0 saturated carbocycles. The zero-order valence-electron chi connectivity index (χ0n) is 16.5. The van der Waals surface area contributed by atoms with Gasteiger partial charge < -0.3 is 14.7 Å². The maximum atomic E-state index is 12.4. The fourth-order valence-corrected chi connectivity index (χ4v) is 5.09. The number of piperazine rings is 1. The van der Waals surface area contributed by atoms with E-state index < -0.39 is 21.8 Å². The Balaban J connectivity index is 1.44. The second-order valence-electron chi connectivity index (χ2n) is 7.25. The van der Waals surface area contributed by atoms with Crippen LogP contribution in [0.5, 0.6) is 0 Å². The van der Waals surface area contributed by atoms with Crippen LogP contribution in [-0.2, 0) is 24.4 Å². The lowest BCUT2D eigenvalue weighted by Crippen LogP contribution is -2.54. The summed E-state index contributed by atoms with van der Waals surface area (Å²) in [6.07, 6.45) is 1.83. The Hall–Kier alpha value is -2.17. The standard InChI is InChI=1S/C19H25ClN4O5S/c20-15-5-1-2-6-16(15)30(28,29)21-8-7-17(25)22-11-13-24(14-12-22)19(27)18(26)23-9-3-4-10-23/h1-2,5-6,21H,3-4,7-14H2. The number of amides is 3. The molecule has 30 heavy (non-hydrogen) atoms. The maximum Gasteiger partial charge on any atom is 0.312 e. The minimum Gasteiger partial charge on any atom is -0.339 e. The van der Waals surface area contributed by atoms with Crippen LogP contribution in [0.3, 0.4) is 0 Å². The third kappa shape index (κ3) is 5.30. The fourth-order valence-electron chi connectivity index (χ4n) is 3.54. The summed E-state index contributed by atoms with van der Waals surface area (Å²) in [4.78, 5) is 41.6. The minimum absolute atomic E-state index is 0.00959. The molecule has 2 fully saturated rings. The molecule has 3 rings (SSSR count). The number of hydrogen-bond donors (Lipinski definition) is 1. The van der Waals surface area contributed by atoms with Crippen LogP contribution < -0.4 is 4.72 Å². The molecule has 3 amide bonds. The minimum atomic E-state index is -3.80. The molecule has 0 aromatic heterocycles. The van der Waals surface area contributed by atoms with E-state index in [4.69, 9.17) is 11.6 Å². The lowest BCUT2D eigenvalue weighted by atomic mass is 10.2. The summed E-state index contributed by atoms with van der Waals surface area (Å²) in [5.41, 5.74) is 0. The molecule has 1 N–H and O–H groups in total. The highest BCUT2D eigenvalue weighted by molar-refractivity contribution is 7.89. The molecular weight excluding hydrogens is 432 g/mol. The van der Waals surface area contributed by atoms with E-state index in [2.05, 4.69) is 4.72 Å². The number of carbonyl (C=O) groups is 3. The summed E-state index contributed by atoms with van der Waals surface area (Å²) in [5, 5.41) is 0.112. The van der Waals surface area contributed by atoms with Crippen LogP contribution >= 0.6 is 11.6 Å². The van der Waals surface area contributed by atoms with E-state index in [9.17, 15) is 22.8 Å². The molecule has 11 heteroatoms. The average Bonchev–Trinajstić information content (AvgIpc) is 3.27. The largest absolute Gasteiger partial charge is 0.339 e. The van der Waals surface area contributed by atoms with Gasteiger partial charge in [0.05, 0.1) is 5.02 Å². The molecule has 164 valence electrons. The number of carbonyl (C=O) groups excluding carboxylic acids is 3. The summed E-state index contributed by atoms with van der Waals surface area (Å²) < 4.78 is 27.0.